The molecule has 0 radical (unpaired) electrons. The van der Waals surface area contributed by atoms with Crippen LogP contribution in [-0.4, -0.2) is 18.6 Å². The number of sulfonamides is 1. The van der Waals surface area contributed by atoms with Crippen LogP contribution in [-0.2, 0) is 10.0 Å². The van der Waals surface area contributed by atoms with Gasteiger partial charge in [-0.05, 0) is 43.3 Å². The second-order valence-electron chi connectivity index (χ2n) is 5.13. The minimum absolute atomic E-state index is 0.223. The van der Waals surface area contributed by atoms with Crippen LogP contribution in [0.25, 0.3) is 11.4 Å². The monoisotopic (exact) mass is 329 g/mol. The fourth-order valence-electron chi connectivity index (χ4n) is 2.04. The minimum atomic E-state index is -3.60. The summed E-state index contributed by atoms with van der Waals surface area (Å²) in [6.07, 6.45) is 0. The van der Waals surface area contributed by atoms with Crippen LogP contribution in [0.2, 0.25) is 0 Å². The molecule has 3 aromatic rings. The topological polar surface area (TPSA) is 85.1 Å². The molecule has 0 atom stereocenters. The van der Waals surface area contributed by atoms with E-state index in [1.165, 1.54) is 0 Å². The van der Waals surface area contributed by atoms with Gasteiger partial charge in [-0.25, -0.2) is 8.42 Å². The van der Waals surface area contributed by atoms with Crippen LogP contribution in [0.5, 0.6) is 0 Å². The standard InChI is InChI=1S/C16H15N3O3S/c1-11-3-9-15(10-4-11)23(20,21)19-14-7-5-13(6-8-14)16-17-12(2)22-18-16/h3-10,19H,1-2H3. The normalized spacial score (nSPS) is 11.4. The highest BCUT2D eigenvalue weighted by Gasteiger charge is 2.14. The van der Waals surface area contributed by atoms with Gasteiger partial charge in [-0.2, -0.15) is 4.98 Å². The fourth-order valence-corrected chi connectivity index (χ4v) is 3.09. The zero-order chi connectivity index (χ0) is 16.4. The van der Waals surface area contributed by atoms with Gasteiger partial charge in [-0.3, -0.25) is 4.72 Å². The molecule has 0 fully saturated rings. The summed E-state index contributed by atoms with van der Waals surface area (Å²) in [7, 11) is -3.60. The molecule has 6 nitrogen and oxygen atoms in total. The van der Waals surface area contributed by atoms with Crippen molar-refractivity contribution >= 4 is 15.7 Å². The number of hydrogen-bond acceptors (Lipinski definition) is 5. The van der Waals surface area contributed by atoms with Gasteiger partial charge in [0.1, 0.15) is 0 Å². The molecule has 0 aliphatic heterocycles. The number of nitrogens with zero attached hydrogens (tertiary/aromatic N) is 2. The summed E-state index contributed by atoms with van der Waals surface area (Å²) < 4.78 is 32.1. The number of hydrogen-bond donors (Lipinski definition) is 1. The first-order chi connectivity index (χ1) is 10.9. The Hall–Kier alpha value is -2.67. The predicted octanol–water partition coefficient (Wildman–Crippen LogP) is 3.15. The van der Waals surface area contributed by atoms with Crippen molar-refractivity contribution in [3.8, 4) is 11.4 Å². The van der Waals surface area contributed by atoms with E-state index in [1.54, 1.807) is 55.5 Å². The zero-order valence-electron chi connectivity index (χ0n) is 12.6. The molecule has 0 amide bonds. The molecule has 3 rings (SSSR count). The Morgan fingerprint density at radius 2 is 1.61 bits per heavy atom. The quantitative estimate of drug-likeness (QED) is 0.794. The Morgan fingerprint density at radius 1 is 0.957 bits per heavy atom. The van der Waals surface area contributed by atoms with Crippen LogP contribution < -0.4 is 4.72 Å². The van der Waals surface area contributed by atoms with Gasteiger partial charge >= 0.3 is 0 Å². The lowest BCUT2D eigenvalue weighted by molar-refractivity contribution is 0.394. The van der Waals surface area contributed by atoms with Gasteiger partial charge in [0.05, 0.1) is 4.90 Å². The first kappa shape index (κ1) is 15.2. The third-order valence-corrected chi connectivity index (χ3v) is 4.65. The van der Waals surface area contributed by atoms with Crippen LogP contribution >= 0.6 is 0 Å². The van der Waals surface area contributed by atoms with E-state index in [0.29, 0.717) is 17.4 Å². The van der Waals surface area contributed by atoms with E-state index >= 15 is 0 Å². The van der Waals surface area contributed by atoms with E-state index in [0.717, 1.165) is 11.1 Å². The molecule has 0 spiro atoms. The third kappa shape index (κ3) is 3.40. The average molecular weight is 329 g/mol. The van der Waals surface area contributed by atoms with Gasteiger partial charge in [0.15, 0.2) is 0 Å². The Morgan fingerprint density at radius 3 is 2.17 bits per heavy atom. The molecule has 0 aliphatic carbocycles. The van der Waals surface area contributed by atoms with Crippen LogP contribution in [0.15, 0.2) is 57.9 Å². The molecule has 0 bridgehead atoms. The van der Waals surface area contributed by atoms with Crippen molar-refractivity contribution in [3.05, 3.63) is 60.0 Å². The summed E-state index contributed by atoms with van der Waals surface area (Å²) in [5.41, 5.74) is 2.22. The molecule has 0 aliphatic rings. The summed E-state index contributed by atoms with van der Waals surface area (Å²) in [5, 5.41) is 3.82. The number of rotatable bonds is 4. The Balaban J connectivity index is 1.81. The molecule has 1 aromatic heterocycles. The van der Waals surface area contributed by atoms with Crippen LogP contribution in [0, 0.1) is 13.8 Å². The van der Waals surface area contributed by atoms with Crippen molar-refractivity contribution in [2.75, 3.05) is 4.72 Å². The Kier molecular flexibility index (Phi) is 3.87. The van der Waals surface area contributed by atoms with Crippen LogP contribution in [0.4, 0.5) is 5.69 Å². The largest absolute Gasteiger partial charge is 0.339 e. The maximum Gasteiger partial charge on any atom is 0.261 e. The zero-order valence-corrected chi connectivity index (χ0v) is 13.5. The van der Waals surface area contributed by atoms with E-state index in [2.05, 4.69) is 14.9 Å². The number of nitrogens with one attached hydrogen (secondary N) is 1. The smallest absolute Gasteiger partial charge is 0.261 e. The van der Waals surface area contributed by atoms with Gasteiger partial charge in [-0.15, -0.1) is 0 Å². The summed E-state index contributed by atoms with van der Waals surface area (Å²) >= 11 is 0. The van der Waals surface area contributed by atoms with Gasteiger partial charge < -0.3 is 4.52 Å². The van der Waals surface area contributed by atoms with Gasteiger partial charge in [0, 0.05) is 18.2 Å². The molecule has 0 saturated carbocycles. The molecular formula is C16H15N3O3S. The lowest BCUT2D eigenvalue weighted by Crippen LogP contribution is -2.12. The minimum Gasteiger partial charge on any atom is -0.339 e. The maximum atomic E-state index is 12.3. The Bertz CT molecular complexity index is 914. The highest BCUT2D eigenvalue weighted by molar-refractivity contribution is 7.92. The SMILES string of the molecule is Cc1ccc(S(=O)(=O)Nc2ccc(-c3noc(C)n3)cc2)cc1. The van der Waals surface area contributed by atoms with Crippen molar-refractivity contribution in [2.45, 2.75) is 18.7 Å². The average Bonchev–Trinajstić information content (AvgIpc) is 2.95. The molecule has 118 valence electrons. The molecule has 2 aromatic carbocycles. The van der Waals surface area contributed by atoms with Gasteiger partial charge in [-0.1, -0.05) is 22.9 Å². The second kappa shape index (κ2) is 5.85. The number of anilines is 1. The summed E-state index contributed by atoms with van der Waals surface area (Å²) in [4.78, 5) is 4.35. The van der Waals surface area contributed by atoms with Crippen molar-refractivity contribution < 1.29 is 12.9 Å². The number of aryl methyl sites for hydroxylation is 2. The fraction of sp³-hybridized carbons (Fsp3) is 0.125. The van der Waals surface area contributed by atoms with E-state index in [-0.39, 0.29) is 4.90 Å². The van der Waals surface area contributed by atoms with Crippen LogP contribution in [0.3, 0.4) is 0 Å². The summed E-state index contributed by atoms with van der Waals surface area (Å²) in [6.45, 7) is 3.61. The number of aromatic nitrogens is 2. The highest BCUT2D eigenvalue weighted by Crippen LogP contribution is 2.21. The van der Waals surface area contributed by atoms with Gasteiger partial charge in [0.25, 0.3) is 10.0 Å². The summed E-state index contributed by atoms with van der Waals surface area (Å²) in [5.74, 6) is 0.944. The van der Waals surface area contributed by atoms with E-state index in [4.69, 9.17) is 4.52 Å². The van der Waals surface area contributed by atoms with Crippen molar-refractivity contribution in [1.29, 1.82) is 0 Å². The molecule has 0 saturated heterocycles. The van der Waals surface area contributed by atoms with Crippen molar-refractivity contribution in [1.82, 2.24) is 10.1 Å². The summed E-state index contributed by atoms with van der Waals surface area (Å²) in [6, 6.07) is 13.5. The molecule has 0 unspecified atom stereocenters. The molecule has 23 heavy (non-hydrogen) atoms. The second-order valence-corrected chi connectivity index (χ2v) is 6.82. The predicted molar refractivity (Wildman–Crippen MR) is 86.5 cm³/mol. The van der Waals surface area contributed by atoms with E-state index in [1.807, 2.05) is 6.92 Å². The molecular weight excluding hydrogens is 314 g/mol. The van der Waals surface area contributed by atoms with E-state index < -0.39 is 10.0 Å². The van der Waals surface area contributed by atoms with Crippen molar-refractivity contribution in [3.63, 3.8) is 0 Å². The van der Waals surface area contributed by atoms with E-state index in [9.17, 15) is 8.42 Å². The first-order valence-electron chi connectivity index (χ1n) is 6.94. The first-order valence-corrected chi connectivity index (χ1v) is 8.42. The van der Waals surface area contributed by atoms with Crippen molar-refractivity contribution in [2.24, 2.45) is 0 Å². The third-order valence-electron chi connectivity index (χ3n) is 3.25. The lowest BCUT2D eigenvalue weighted by Gasteiger charge is -2.08. The van der Waals surface area contributed by atoms with Gasteiger partial charge in [0.2, 0.25) is 11.7 Å². The lowest BCUT2D eigenvalue weighted by atomic mass is 10.2. The molecule has 7 heteroatoms. The maximum absolute atomic E-state index is 12.3. The molecule has 1 heterocycles. The Labute approximate surface area is 134 Å². The van der Waals surface area contributed by atoms with Crippen LogP contribution in [0.1, 0.15) is 11.5 Å². The number of benzene rings is 2. The highest BCUT2D eigenvalue weighted by atomic mass is 32.2. The molecule has 1 N–H and O–H groups in total.